The van der Waals surface area contributed by atoms with E-state index < -0.39 is 24.3 Å². The highest BCUT2D eigenvalue weighted by atomic mass is 19.1. The number of carbonyl (C=O) groups is 2. The van der Waals surface area contributed by atoms with Crippen molar-refractivity contribution in [1.29, 1.82) is 5.26 Å². The molecule has 158 valence electrons. The average molecular weight is 413 g/mol. The average Bonchev–Trinajstić information content (AvgIpc) is 2.99. The lowest BCUT2D eigenvalue weighted by Gasteiger charge is -2.17. The molecular weight excluding hydrogens is 389 g/mol. The normalized spacial score (nSPS) is 12.2. The Balaban J connectivity index is 2.09. The number of ether oxygens (including phenoxy) is 2. The monoisotopic (exact) mass is 413 g/mol. The van der Waals surface area contributed by atoms with Gasteiger partial charge in [-0.25, -0.2) is 9.18 Å². The molecule has 0 saturated carbocycles. The van der Waals surface area contributed by atoms with Gasteiger partial charge in [0.25, 0.3) is 5.91 Å². The Morgan fingerprint density at radius 1 is 1.33 bits per heavy atom. The van der Waals surface area contributed by atoms with Gasteiger partial charge in [-0.2, -0.15) is 5.26 Å². The van der Waals surface area contributed by atoms with Gasteiger partial charge in [-0.05, 0) is 50.6 Å². The molecule has 0 spiro atoms. The second-order valence-electron chi connectivity index (χ2n) is 6.77. The molecule has 30 heavy (non-hydrogen) atoms. The molecule has 0 fully saturated rings. The standard InChI is InChI=1S/C22H24FN3O4/c1-14-9-17(16(3)26(14)15(2)12-29-4)10-18(11-24)22(28)30-13-21(27)25-20-8-6-5-7-19(20)23/h5-10,15H,12-13H2,1-4H3,(H,25,27)/b18-10+/t15-/m0/s1. The topological polar surface area (TPSA) is 93.3 Å². The summed E-state index contributed by atoms with van der Waals surface area (Å²) in [5, 5.41) is 11.7. The van der Waals surface area contributed by atoms with E-state index in [1.54, 1.807) is 19.2 Å². The number of halogens is 1. The van der Waals surface area contributed by atoms with E-state index in [4.69, 9.17) is 9.47 Å². The number of hydrogen-bond donors (Lipinski definition) is 1. The van der Waals surface area contributed by atoms with E-state index in [1.807, 2.05) is 26.8 Å². The van der Waals surface area contributed by atoms with Crippen LogP contribution < -0.4 is 5.32 Å². The van der Waals surface area contributed by atoms with E-state index in [0.717, 1.165) is 11.4 Å². The summed E-state index contributed by atoms with van der Waals surface area (Å²) in [6.45, 7) is 5.69. The lowest BCUT2D eigenvalue weighted by molar-refractivity contribution is -0.142. The second kappa shape index (κ2) is 10.4. The molecule has 7 nitrogen and oxygen atoms in total. The van der Waals surface area contributed by atoms with Crippen LogP contribution in [0.1, 0.15) is 29.9 Å². The van der Waals surface area contributed by atoms with Crippen LogP contribution >= 0.6 is 0 Å². The summed E-state index contributed by atoms with van der Waals surface area (Å²) in [6, 6.07) is 9.37. The predicted octanol–water partition coefficient (Wildman–Crippen LogP) is 3.54. The van der Waals surface area contributed by atoms with Gasteiger partial charge in [0.1, 0.15) is 17.5 Å². The molecule has 1 aromatic carbocycles. The van der Waals surface area contributed by atoms with Crippen molar-refractivity contribution >= 4 is 23.6 Å². The Labute approximate surface area is 174 Å². The minimum atomic E-state index is -0.934. The van der Waals surface area contributed by atoms with Crippen LogP contribution in [0.2, 0.25) is 0 Å². The Morgan fingerprint density at radius 2 is 2.03 bits per heavy atom. The van der Waals surface area contributed by atoms with Crippen molar-refractivity contribution in [1.82, 2.24) is 4.57 Å². The number of nitriles is 1. The van der Waals surface area contributed by atoms with Crippen LogP contribution in [0.15, 0.2) is 35.9 Å². The van der Waals surface area contributed by atoms with Crippen molar-refractivity contribution in [2.24, 2.45) is 0 Å². The van der Waals surface area contributed by atoms with E-state index in [0.29, 0.717) is 12.2 Å². The first-order valence-electron chi connectivity index (χ1n) is 9.29. The van der Waals surface area contributed by atoms with Crippen LogP contribution in [0.4, 0.5) is 10.1 Å². The molecule has 8 heteroatoms. The molecule has 0 aliphatic carbocycles. The number of rotatable bonds is 8. The Bertz CT molecular complexity index is 1000. The van der Waals surface area contributed by atoms with Gasteiger partial charge in [0.15, 0.2) is 6.61 Å². The van der Waals surface area contributed by atoms with Crippen LogP contribution in [-0.2, 0) is 19.1 Å². The number of anilines is 1. The van der Waals surface area contributed by atoms with Crippen LogP contribution in [-0.4, -0.2) is 36.8 Å². The number of hydrogen-bond acceptors (Lipinski definition) is 5. The molecule has 0 aliphatic rings. The summed E-state index contributed by atoms with van der Waals surface area (Å²) < 4.78 is 25.7. The van der Waals surface area contributed by atoms with Crippen LogP contribution in [0.5, 0.6) is 0 Å². The number of amides is 1. The number of aryl methyl sites for hydroxylation is 1. The summed E-state index contributed by atoms with van der Waals surface area (Å²) in [5.41, 5.74) is 2.26. The number of para-hydroxylation sites is 1. The molecule has 0 radical (unpaired) electrons. The first-order valence-corrected chi connectivity index (χ1v) is 9.29. The first kappa shape index (κ1) is 22.8. The number of benzene rings is 1. The second-order valence-corrected chi connectivity index (χ2v) is 6.77. The molecule has 1 atom stereocenters. The maximum Gasteiger partial charge on any atom is 0.349 e. The summed E-state index contributed by atoms with van der Waals surface area (Å²) in [4.78, 5) is 24.2. The maximum absolute atomic E-state index is 13.6. The van der Waals surface area contributed by atoms with Crippen LogP contribution in [0.3, 0.4) is 0 Å². The number of methoxy groups -OCH3 is 1. The van der Waals surface area contributed by atoms with Crippen LogP contribution in [0, 0.1) is 31.0 Å². The minimum absolute atomic E-state index is 0.0211. The predicted molar refractivity (Wildman–Crippen MR) is 110 cm³/mol. The fraction of sp³-hybridized carbons (Fsp3) is 0.318. The van der Waals surface area contributed by atoms with Gasteiger partial charge in [-0.15, -0.1) is 0 Å². The van der Waals surface area contributed by atoms with Gasteiger partial charge in [-0.1, -0.05) is 12.1 Å². The third-order valence-corrected chi connectivity index (χ3v) is 4.49. The van der Waals surface area contributed by atoms with E-state index >= 15 is 0 Å². The SMILES string of the molecule is COC[C@H](C)n1c(C)cc(/C=C(\C#N)C(=O)OCC(=O)Nc2ccccc2F)c1C. The van der Waals surface area contributed by atoms with E-state index in [1.165, 1.54) is 24.3 Å². The maximum atomic E-state index is 13.6. The number of nitrogens with one attached hydrogen (secondary N) is 1. The number of nitrogens with zero attached hydrogens (tertiary/aromatic N) is 2. The largest absolute Gasteiger partial charge is 0.451 e. The summed E-state index contributed by atoms with van der Waals surface area (Å²) in [7, 11) is 1.62. The summed E-state index contributed by atoms with van der Waals surface area (Å²) in [6.07, 6.45) is 1.43. The first-order chi connectivity index (χ1) is 14.3. The van der Waals surface area contributed by atoms with Gasteiger partial charge in [0.05, 0.1) is 18.3 Å². The number of aromatic nitrogens is 1. The fourth-order valence-electron chi connectivity index (χ4n) is 3.19. The Kier molecular flexibility index (Phi) is 7.90. The van der Waals surface area contributed by atoms with Gasteiger partial charge >= 0.3 is 5.97 Å². The zero-order valence-corrected chi connectivity index (χ0v) is 17.4. The van der Waals surface area contributed by atoms with Gasteiger partial charge in [0.2, 0.25) is 0 Å². The van der Waals surface area contributed by atoms with Gasteiger partial charge in [-0.3, -0.25) is 4.79 Å². The molecule has 2 rings (SSSR count). The molecule has 0 bridgehead atoms. The van der Waals surface area contributed by atoms with Crippen molar-refractivity contribution in [2.75, 3.05) is 25.6 Å². The van der Waals surface area contributed by atoms with Gasteiger partial charge in [0, 0.05) is 18.5 Å². The molecule has 1 aromatic heterocycles. The van der Waals surface area contributed by atoms with Crippen LogP contribution in [0.25, 0.3) is 6.08 Å². The van der Waals surface area contributed by atoms with Crippen molar-refractivity contribution in [3.05, 3.63) is 58.7 Å². The van der Waals surface area contributed by atoms with E-state index in [9.17, 15) is 19.2 Å². The molecule has 1 N–H and O–H groups in total. The Hall–Kier alpha value is -3.44. The third kappa shape index (κ3) is 5.55. The molecule has 1 amide bonds. The highest BCUT2D eigenvalue weighted by molar-refractivity contribution is 6.00. The number of esters is 1. The third-order valence-electron chi connectivity index (χ3n) is 4.49. The molecule has 0 saturated heterocycles. The molecular formula is C22H24FN3O4. The zero-order valence-electron chi connectivity index (χ0n) is 17.4. The highest BCUT2D eigenvalue weighted by Gasteiger charge is 2.17. The van der Waals surface area contributed by atoms with E-state index in [2.05, 4.69) is 9.88 Å². The molecule has 0 aliphatic heterocycles. The molecule has 2 aromatic rings. The molecule has 1 heterocycles. The Morgan fingerprint density at radius 3 is 2.67 bits per heavy atom. The zero-order chi connectivity index (χ0) is 22.3. The fourth-order valence-corrected chi connectivity index (χ4v) is 3.19. The minimum Gasteiger partial charge on any atom is -0.451 e. The smallest absolute Gasteiger partial charge is 0.349 e. The van der Waals surface area contributed by atoms with Crippen molar-refractivity contribution in [3.63, 3.8) is 0 Å². The van der Waals surface area contributed by atoms with Gasteiger partial charge < -0.3 is 19.4 Å². The van der Waals surface area contributed by atoms with Crippen molar-refractivity contribution < 1.29 is 23.5 Å². The lowest BCUT2D eigenvalue weighted by atomic mass is 10.1. The van der Waals surface area contributed by atoms with E-state index in [-0.39, 0.29) is 17.3 Å². The quantitative estimate of drug-likeness (QED) is 0.406. The molecule has 0 unspecified atom stereocenters. The highest BCUT2D eigenvalue weighted by Crippen LogP contribution is 2.23. The van der Waals surface area contributed by atoms with Crippen molar-refractivity contribution in [3.8, 4) is 6.07 Å². The van der Waals surface area contributed by atoms with Crippen molar-refractivity contribution in [2.45, 2.75) is 26.8 Å². The number of carbonyl (C=O) groups excluding carboxylic acids is 2. The summed E-state index contributed by atoms with van der Waals surface area (Å²) in [5.74, 6) is -2.25. The lowest BCUT2D eigenvalue weighted by Crippen LogP contribution is -2.21. The summed E-state index contributed by atoms with van der Waals surface area (Å²) >= 11 is 0.